The van der Waals surface area contributed by atoms with Crippen molar-refractivity contribution < 1.29 is 14.7 Å². The fraction of sp³-hybridized carbons (Fsp3) is 0.0588. The molecule has 3 rings (SSSR count). The van der Waals surface area contributed by atoms with Gasteiger partial charge < -0.3 is 5.11 Å². The van der Waals surface area contributed by atoms with Crippen molar-refractivity contribution >= 4 is 29.2 Å². The summed E-state index contributed by atoms with van der Waals surface area (Å²) in [6, 6.07) is 5.08. The van der Waals surface area contributed by atoms with Crippen LogP contribution in [0, 0.1) is 0 Å². The SMILES string of the molecule is Cn1cc(C=CC(=O)c2csc(C(=O)O)c2)c(-c2ccncc2)n1. The third-order valence-corrected chi connectivity index (χ3v) is 4.24. The van der Waals surface area contributed by atoms with Gasteiger partial charge in [0.05, 0.1) is 5.69 Å². The van der Waals surface area contributed by atoms with Gasteiger partial charge in [-0.25, -0.2) is 4.79 Å². The molecule has 0 fully saturated rings. The highest BCUT2D eigenvalue weighted by atomic mass is 32.1. The van der Waals surface area contributed by atoms with Gasteiger partial charge in [0.2, 0.25) is 0 Å². The molecule has 0 aliphatic rings. The Kier molecular flexibility index (Phi) is 4.35. The fourth-order valence-electron chi connectivity index (χ4n) is 2.20. The van der Waals surface area contributed by atoms with Crippen LogP contribution in [0.2, 0.25) is 0 Å². The van der Waals surface area contributed by atoms with Gasteiger partial charge in [0, 0.05) is 47.7 Å². The lowest BCUT2D eigenvalue weighted by atomic mass is 10.1. The van der Waals surface area contributed by atoms with E-state index in [4.69, 9.17) is 5.11 Å². The third kappa shape index (κ3) is 3.31. The van der Waals surface area contributed by atoms with E-state index in [1.165, 1.54) is 12.1 Å². The number of rotatable bonds is 5. The van der Waals surface area contributed by atoms with E-state index < -0.39 is 5.97 Å². The van der Waals surface area contributed by atoms with Crippen LogP contribution in [-0.4, -0.2) is 31.6 Å². The van der Waals surface area contributed by atoms with Crippen molar-refractivity contribution in [1.82, 2.24) is 14.8 Å². The number of pyridine rings is 1. The number of carbonyl (C=O) groups excluding carboxylic acids is 1. The molecule has 0 saturated carbocycles. The predicted octanol–water partition coefficient (Wildman–Crippen LogP) is 3.14. The second-order valence-corrected chi connectivity index (χ2v) is 5.96. The molecule has 0 aliphatic heterocycles. The number of allylic oxidation sites excluding steroid dienone is 1. The van der Waals surface area contributed by atoms with Gasteiger partial charge in [0.1, 0.15) is 4.88 Å². The van der Waals surface area contributed by atoms with Crippen LogP contribution in [0.25, 0.3) is 17.3 Å². The first-order chi connectivity index (χ1) is 11.5. The molecule has 0 aromatic carbocycles. The predicted molar refractivity (Wildman–Crippen MR) is 91.1 cm³/mol. The van der Waals surface area contributed by atoms with Gasteiger partial charge in [0.25, 0.3) is 0 Å². The summed E-state index contributed by atoms with van der Waals surface area (Å²) in [5, 5.41) is 14.9. The van der Waals surface area contributed by atoms with Gasteiger partial charge in [-0.15, -0.1) is 11.3 Å². The number of ketones is 1. The monoisotopic (exact) mass is 339 g/mol. The van der Waals surface area contributed by atoms with E-state index in [9.17, 15) is 9.59 Å². The van der Waals surface area contributed by atoms with Gasteiger partial charge in [0.15, 0.2) is 5.78 Å². The number of aromatic carboxylic acids is 1. The van der Waals surface area contributed by atoms with E-state index in [1.54, 1.807) is 28.5 Å². The zero-order valence-electron chi connectivity index (χ0n) is 12.7. The molecule has 0 unspecified atom stereocenters. The quantitative estimate of drug-likeness (QED) is 0.570. The summed E-state index contributed by atoms with van der Waals surface area (Å²) in [6.07, 6.45) is 8.29. The Bertz CT molecular complexity index is 926. The van der Waals surface area contributed by atoms with Crippen LogP contribution in [0.3, 0.4) is 0 Å². The molecule has 7 heteroatoms. The highest BCUT2D eigenvalue weighted by Crippen LogP contribution is 2.23. The van der Waals surface area contributed by atoms with Gasteiger partial charge in [-0.2, -0.15) is 5.10 Å². The second kappa shape index (κ2) is 6.59. The van der Waals surface area contributed by atoms with Gasteiger partial charge in [-0.3, -0.25) is 14.5 Å². The first-order valence-corrected chi connectivity index (χ1v) is 7.91. The lowest BCUT2D eigenvalue weighted by Crippen LogP contribution is -1.94. The summed E-state index contributed by atoms with van der Waals surface area (Å²) in [6.45, 7) is 0. The largest absolute Gasteiger partial charge is 0.477 e. The maximum atomic E-state index is 12.2. The van der Waals surface area contributed by atoms with Crippen LogP contribution in [0.4, 0.5) is 0 Å². The molecule has 3 heterocycles. The maximum Gasteiger partial charge on any atom is 0.345 e. The maximum absolute atomic E-state index is 12.2. The van der Waals surface area contributed by atoms with Crippen LogP contribution in [0.5, 0.6) is 0 Å². The Morgan fingerprint density at radius 3 is 2.71 bits per heavy atom. The summed E-state index contributed by atoms with van der Waals surface area (Å²) in [7, 11) is 1.81. The molecule has 0 atom stereocenters. The highest BCUT2D eigenvalue weighted by Gasteiger charge is 2.12. The smallest absolute Gasteiger partial charge is 0.345 e. The zero-order chi connectivity index (χ0) is 17.1. The van der Waals surface area contributed by atoms with Gasteiger partial charge in [-0.05, 0) is 30.4 Å². The summed E-state index contributed by atoms with van der Waals surface area (Å²) in [4.78, 5) is 27.2. The van der Waals surface area contributed by atoms with Crippen molar-refractivity contribution in [2.45, 2.75) is 0 Å². The molecule has 120 valence electrons. The van der Waals surface area contributed by atoms with E-state index in [0.717, 1.165) is 28.2 Å². The Hall–Kier alpha value is -3.06. The van der Waals surface area contributed by atoms with E-state index in [0.29, 0.717) is 5.56 Å². The summed E-state index contributed by atoms with van der Waals surface area (Å²) in [5.41, 5.74) is 2.82. The molecule has 3 aromatic heterocycles. The topological polar surface area (TPSA) is 85.1 Å². The molecule has 1 N–H and O–H groups in total. The molecule has 3 aromatic rings. The number of nitrogens with zero attached hydrogens (tertiary/aromatic N) is 3. The van der Waals surface area contributed by atoms with E-state index >= 15 is 0 Å². The number of hydrogen-bond acceptors (Lipinski definition) is 5. The summed E-state index contributed by atoms with van der Waals surface area (Å²) in [5.74, 6) is -1.28. The Labute approximate surface area is 141 Å². The van der Waals surface area contributed by atoms with Crippen LogP contribution < -0.4 is 0 Å². The average molecular weight is 339 g/mol. The standard InChI is InChI=1S/C17H13N3O3S/c1-20-9-12(16(19-20)11-4-6-18-7-5-11)2-3-14(21)13-8-15(17(22)23)24-10-13/h2-10H,1H3,(H,22,23). The zero-order valence-corrected chi connectivity index (χ0v) is 13.5. The number of carbonyl (C=O) groups is 2. The van der Waals surface area contributed by atoms with Crippen LogP contribution >= 0.6 is 11.3 Å². The molecular formula is C17H13N3O3S. The molecule has 24 heavy (non-hydrogen) atoms. The summed E-state index contributed by atoms with van der Waals surface area (Å²) >= 11 is 1.03. The number of aryl methyl sites for hydroxylation is 1. The molecule has 0 saturated heterocycles. The number of hydrogen-bond donors (Lipinski definition) is 1. The highest BCUT2D eigenvalue weighted by molar-refractivity contribution is 7.12. The van der Waals surface area contributed by atoms with Crippen LogP contribution in [-0.2, 0) is 7.05 Å². The van der Waals surface area contributed by atoms with E-state index in [-0.39, 0.29) is 10.7 Å². The van der Waals surface area contributed by atoms with Crippen molar-refractivity contribution in [3.05, 3.63) is 64.2 Å². The minimum Gasteiger partial charge on any atom is -0.477 e. The first kappa shape index (κ1) is 15.8. The lowest BCUT2D eigenvalue weighted by molar-refractivity contribution is 0.0702. The third-order valence-electron chi connectivity index (χ3n) is 3.32. The van der Waals surface area contributed by atoms with Crippen molar-refractivity contribution in [1.29, 1.82) is 0 Å². The molecule has 0 bridgehead atoms. The number of thiophene rings is 1. The van der Waals surface area contributed by atoms with Crippen molar-refractivity contribution in [2.75, 3.05) is 0 Å². The van der Waals surface area contributed by atoms with Crippen molar-refractivity contribution in [3.63, 3.8) is 0 Å². The number of carboxylic acids is 1. The van der Waals surface area contributed by atoms with Crippen LogP contribution in [0.1, 0.15) is 25.6 Å². The van der Waals surface area contributed by atoms with Gasteiger partial charge in [-0.1, -0.05) is 0 Å². The molecule has 0 spiro atoms. The fourth-order valence-corrected chi connectivity index (χ4v) is 2.94. The lowest BCUT2D eigenvalue weighted by Gasteiger charge is -1.97. The minimum atomic E-state index is -1.03. The minimum absolute atomic E-state index is 0.144. The number of carboxylic acid groups (broad SMARTS) is 1. The van der Waals surface area contributed by atoms with E-state index in [2.05, 4.69) is 10.1 Å². The first-order valence-electron chi connectivity index (χ1n) is 7.03. The average Bonchev–Trinajstić information content (AvgIpc) is 3.20. The normalized spacial score (nSPS) is 11.0. The molecule has 0 aliphatic carbocycles. The molecular weight excluding hydrogens is 326 g/mol. The van der Waals surface area contributed by atoms with Crippen molar-refractivity contribution in [2.24, 2.45) is 7.05 Å². The van der Waals surface area contributed by atoms with Crippen molar-refractivity contribution in [3.8, 4) is 11.3 Å². The second-order valence-electron chi connectivity index (χ2n) is 5.04. The molecule has 6 nitrogen and oxygen atoms in total. The van der Waals surface area contributed by atoms with Crippen LogP contribution in [0.15, 0.2) is 48.2 Å². The molecule has 0 amide bonds. The number of aromatic nitrogens is 3. The molecule has 0 radical (unpaired) electrons. The summed E-state index contributed by atoms with van der Waals surface area (Å²) < 4.78 is 1.67. The van der Waals surface area contributed by atoms with Gasteiger partial charge >= 0.3 is 5.97 Å². The Morgan fingerprint density at radius 2 is 2.04 bits per heavy atom. The Balaban J connectivity index is 1.86. The van der Waals surface area contributed by atoms with E-state index in [1.807, 2.05) is 25.4 Å². The Morgan fingerprint density at radius 1 is 1.29 bits per heavy atom.